The Morgan fingerprint density at radius 3 is 2.46 bits per heavy atom. The third kappa shape index (κ3) is 1.89. The van der Waals surface area contributed by atoms with E-state index in [9.17, 15) is 0 Å². The average molecular weight is 172 g/mol. The molecule has 1 aromatic carbocycles. The summed E-state index contributed by atoms with van der Waals surface area (Å²) in [7, 11) is 0. The minimum Gasteiger partial charge on any atom is -0.0990 e. The fourth-order valence-corrected chi connectivity index (χ4v) is 1.51. The molecule has 0 bridgehead atoms. The monoisotopic (exact) mass is 172 g/mol. The van der Waals surface area contributed by atoms with Crippen LogP contribution in [-0.4, -0.2) is 0 Å². The fourth-order valence-electron chi connectivity index (χ4n) is 1.51. The van der Waals surface area contributed by atoms with Gasteiger partial charge in [-0.2, -0.15) is 0 Å². The van der Waals surface area contributed by atoms with Gasteiger partial charge in [-0.1, -0.05) is 36.9 Å². The molecule has 0 heteroatoms. The van der Waals surface area contributed by atoms with Gasteiger partial charge < -0.3 is 0 Å². The quantitative estimate of drug-likeness (QED) is 0.608. The molecular formula is C13H16. The standard InChI is InChI=1S/C13H16/c1-5-7-12-9-8-10(3)11(4)13(12)6-2/h5-9H,1H2,2-4H3/b12-7-,13-6-. The van der Waals surface area contributed by atoms with Crippen LogP contribution in [0.2, 0.25) is 0 Å². The van der Waals surface area contributed by atoms with Gasteiger partial charge in [-0.3, -0.25) is 0 Å². The molecule has 0 aliphatic rings. The smallest absolute Gasteiger partial charge is 0.0185 e. The predicted molar refractivity (Wildman–Crippen MR) is 60.0 cm³/mol. The van der Waals surface area contributed by atoms with Gasteiger partial charge >= 0.3 is 0 Å². The normalized spacial score (nSPS) is 13.5. The molecule has 0 nitrogen and oxygen atoms in total. The van der Waals surface area contributed by atoms with Crippen LogP contribution >= 0.6 is 0 Å². The van der Waals surface area contributed by atoms with Crippen LogP contribution in [0.4, 0.5) is 0 Å². The third-order valence-electron chi connectivity index (χ3n) is 2.41. The van der Waals surface area contributed by atoms with Crippen LogP contribution < -0.4 is 10.4 Å². The van der Waals surface area contributed by atoms with Gasteiger partial charge in [-0.05, 0) is 42.3 Å². The molecule has 0 aliphatic heterocycles. The molecule has 0 atom stereocenters. The average Bonchev–Trinajstić information content (AvgIpc) is 2.12. The Kier molecular flexibility index (Phi) is 3.07. The molecule has 68 valence electrons. The zero-order valence-electron chi connectivity index (χ0n) is 8.59. The lowest BCUT2D eigenvalue weighted by atomic mass is 10.1. The Morgan fingerprint density at radius 1 is 1.23 bits per heavy atom. The Morgan fingerprint density at radius 2 is 1.92 bits per heavy atom. The molecule has 0 saturated carbocycles. The van der Waals surface area contributed by atoms with E-state index in [1.54, 1.807) is 0 Å². The summed E-state index contributed by atoms with van der Waals surface area (Å²) in [6.45, 7) is 10.1. The van der Waals surface area contributed by atoms with Crippen LogP contribution in [0.1, 0.15) is 18.1 Å². The summed E-state index contributed by atoms with van der Waals surface area (Å²) < 4.78 is 0. The van der Waals surface area contributed by atoms with Gasteiger partial charge in [0.2, 0.25) is 0 Å². The van der Waals surface area contributed by atoms with Crippen LogP contribution in [0.3, 0.4) is 0 Å². The Labute approximate surface area is 79.9 Å². The van der Waals surface area contributed by atoms with E-state index in [-0.39, 0.29) is 0 Å². The van der Waals surface area contributed by atoms with Gasteiger partial charge in [0.25, 0.3) is 0 Å². The summed E-state index contributed by atoms with van der Waals surface area (Å²) in [6.07, 6.45) is 6.02. The molecule has 0 unspecified atom stereocenters. The highest BCUT2D eigenvalue weighted by molar-refractivity contribution is 5.42. The van der Waals surface area contributed by atoms with Crippen molar-refractivity contribution in [2.75, 3.05) is 0 Å². The maximum Gasteiger partial charge on any atom is -0.0185 e. The first-order valence-electron chi connectivity index (χ1n) is 4.56. The van der Waals surface area contributed by atoms with Gasteiger partial charge in [0.05, 0.1) is 0 Å². The topological polar surface area (TPSA) is 0 Å². The molecule has 0 heterocycles. The lowest BCUT2D eigenvalue weighted by Crippen LogP contribution is -2.27. The largest absolute Gasteiger partial charge is 0.0990 e. The van der Waals surface area contributed by atoms with Gasteiger partial charge in [0.15, 0.2) is 0 Å². The van der Waals surface area contributed by atoms with Crippen LogP contribution in [0.25, 0.3) is 12.2 Å². The second-order valence-corrected chi connectivity index (χ2v) is 3.20. The second kappa shape index (κ2) is 4.08. The highest BCUT2D eigenvalue weighted by atomic mass is 14.0. The third-order valence-corrected chi connectivity index (χ3v) is 2.41. The summed E-state index contributed by atoms with van der Waals surface area (Å²) in [5.74, 6) is 0. The SMILES string of the molecule is C=C/C=c1/ccc(C)c(C)/c1=C/C. The molecule has 13 heavy (non-hydrogen) atoms. The van der Waals surface area contributed by atoms with E-state index in [1.165, 1.54) is 21.6 Å². The lowest BCUT2D eigenvalue weighted by Gasteiger charge is -2.00. The van der Waals surface area contributed by atoms with Crippen molar-refractivity contribution in [2.24, 2.45) is 0 Å². The van der Waals surface area contributed by atoms with E-state index in [2.05, 4.69) is 45.6 Å². The molecule has 0 spiro atoms. The first-order valence-corrected chi connectivity index (χ1v) is 4.56. The first kappa shape index (κ1) is 9.79. The lowest BCUT2D eigenvalue weighted by molar-refractivity contribution is 1.28. The maximum absolute atomic E-state index is 3.71. The zero-order chi connectivity index (χ0) is 9.84. The summed E-state index contributed by atoms with van der Waals surface area (Å²) in [5, 5.41) is 2.57. The van der Waals surface area contributed by atoms with Crippen molar-refractivity contribution in [3.05, 3.63) is 46.4 Å². The molecular weight excluding hydrogens is 156 g/mol. The van der Waals surface area contributed by atoms with E-state index in [1.807, 2.05) is 12.2 Å². The Balaban J connectivity index is 3.69. The second-order valence-electron chi connectivity index (χ2n) is 3.20. The highest BCUT2D eigenvalue weighted by Crippen LogP contribution is 1.96. The number of hydrogen-bond donors (Lipinski definition) is 0. The van der Waals surface area contributed by atoms with Gasteiger partial charge in [-0.25, -0.2) is 0 Å². The maximum atomic E-state index is 3.71. The summed E-state index contributed by atoms with van der Waals surface area (Å²) in [5.41, 5.74) is 2.70. The molecule has 0 aromatic heterocycles. The van der Waals surface area contributed by atoms with E-state index in [4.69, 9.17) is 0 Å². The molecule has 0 radical (unpaired) electrons. The fraction of sp³-hybridized carbons (Fsp3) is 0.231. The molecule has 0 amide bonds. The van der Waals surface area contributed by atoms with Crippen molar-refractivity contribution in [3.63, 3.8) is 0 Å². The van der Waals surface area contributed by atoms with Crippen molar-refractivity contribution in [3.8, 4) is 0 Å². The van der Waals surface area contributed by atoms with Crippen molar-refractivity contribution in [1.29, 1.82) is 0 Å². The van der Waals surface area contributed by atoms with Crippen molar-refractivity contribution < 1.29 is 0 Å². The van der Waals surface area contributed by atoms with Crippen LogP contribution in [-0.2, 0) is 0 Å². The first-order chi connectivity index (χ1) is 6.20. The van der Waals surface area contributed by atoms with E-state index < -0.39 is 0 Å². The van der Waals surface area contributed by atoms with Crippen LogP contribution in [0, 0.1) is 13.8 Å². The van der Waals surface area contributed by atoms with E-state index in [0.717, 1.165) is 0 Å². The number of benzene rings is 1. The van der Waals surface area contributed by atoms with E-state index in [0.29, 0.717) is 0 Å². The molecule has 0 fully saturated rings. The van der Waals surface area contributed by atoms with E-state index >= 15 is 0 Å². The van der Waals surface area contributed by atoms with Crippen molar-refractivity contribution in [2.45, 2.75) is 20.8 Å². The van der Waals surface area contributed by atoms with Crippen molar-refractivity contribution in [1.82, 2.24) is 0 Å². The Bertz CT molecular complexity index is 422. The zero-order valence-corrected chi connectivity index (χ0v) is 8.59. The number of aryl methyl sites for hydroxylation is 1. The van der Waals surface area contributed by atoms with Crippen LogP contribution in [0.15, 0.2) is 24.8 Å². The minimum absolute atomic E-state index is 1.25. The predicted octanol–water partition coefficient (Wildman–Crippen LogP) is 2.07. The number of allylic oxidation sites excluding steroid dienone is 1. The van der Waals surface area contributed by atoms with Crippen LogP contribution in [0.5, 0.6) is 0 Å². The molecule has 0 aliphatic carbocycles. The van der Waals surface area contributed by atoms with Crippen molar-refractivity contribution >= 4 is 12.2 Å². The molecule has 0 N–H and O–H groups in total. The molecule has 1 aromatic rings. The van der Waals surface area contributed by atoms with Gasteiger partial charge in [0, 0.05) is 0 Å². The summed E-state index contributed by atoms with van der Waals surface area (Å²) in [6, 6.07) is 4.29. The molecule has 0 saturated heterocycles. The number of hydrogen-bond acceptors (Lipinski definition) is 0. The Hall–Kier alpha value is -1.30. The summed E-state index contributed by atoms with van der Waals surface area (Å²) in [4.78, 5) is 0. The molecule has 1 rings (SSSR count). The van der Waals surface area contributed by atoms with Gasteiger partial charge in [0.1, 0.15) is 0 Å². The number of rotatable bonds is 1. The summed E-state index contributed by atoms with van der Waals surface area (Å²) >= 11 is 0. The minimum atomic E-state index is 1.25. The van der Waals surface area contributed by atoms with Gasteiger partial charge in [-0.15, -0.1) is 0 Å². The highest BCUT2D eigenvalue weighted by Gasteiger charge is 1.93.